The Hall–Kier alpha value is -1.12. The van der Waals surface area contributed by atoms with Gasteiger partial charge in [0.05, 0.1) is 19.0 Å². The maximum Gasteiger partial charge on any atom is 0.313 e. The Labute approximate surface area is 122 Å². The minimum absolute atomic E-state index is 0.0155. The van der Waals surface area contributed by atoms with Gasteiger partial charge in [-0.05, 0) is 13.3 Å². The van der Waals surface area contributed by atoms with E-state index in [2.05, 4.69) is 15.1 Å². The molecule has 1 aliphatic rings. The molecule has 1 N–H and O–H groups in total. The molecule has 0 amide bonds. The van der Waals surface area contributed by atoms with E-state index in [-0.39, 0.29) is 5.75 Å². The molecule has 1 fully saturated rings. The molecule has 0 bridgehead atoms. The molecule has 7 nitrogen and oxygen atoms in total. The smallest absolute Gasteiger partial charge is 0.313 e. The van der Waals surface area contributed by atoms with Gasteiger partial charge in [-0.2, -0.15) is 0 Å². The fourth-order valence-electron chi connectivity index (χ4n) is 2.13. The second-order valence-corrected chi connectivity index (χ2v) is 5.61. The zero-order chi connectivity index (χ0) is 14.4. The van der Waals surface area contributed by atoms with Gasteiger partial charge in [-0.1, -0.05) is 11.8 Å². The molecule has 1 aromatic heterocycles. The lowest BCUT2D eigenvalue weighted by Gasteiger charge is -2.26. The van der Waals surface area contributed by atoms with E-state index >= 15 is 0 Å². The van der Waals surface area contributed by atoms with Crippen LogP contribution >= 0.6 is 11.8 Å². The number of aliphatic carboxylic acids is 1. The molecular formula is C12H20N4O3S. The predicted octanol–water partition coefficient (Wildman–Crippen LogP) is 0.486. The number of thioether (sulfide) groups is 1. The van der Waals surface area contributed by atoms with Crippen molar-refractivity contribution in [1.82, 2.24) is 19.7 Å². The number of morpholine rings is 1. The summed E-state index contributed by atoms with van der Waals surface area (Å²) in [4.78, 5) is 13.0. The van der Waals surface area contributed by atoms with Crippen LogP contribution in [0.5, 0.6) is 0 Å². The lowest BCUT2D eigenvalue weighted by atomic mass is 10.3. The molecule has 1 saturated heterocycles. The largest absolute Gasteiger partial charge is 0.481 e. The van der Waals surface area contributed by atoms with E-state index in [0.29, 0.717) is 5.16 Å². The zero-order valence-corrected chi connectivity index (χ0v) is 12.4. The molecule has 0 radical (unpaired) electrons. The Kier molecular flexibility index (Phi) is 5.81. The summed E-state index contributed by atoms with van der Waals surface area (Å²) in [5.74, 6) is 0.0112. The van der Waals surface area contributed by atoms with Crippen molar-refractivity contribution >= 4 is 17.7 Å². The number of aryl methyl sites for hydroxylation is 1. The van der Waals surface area contributed by atoms with Crippen LogP contribution in [-0.4, -0.2) is 69.3 Å². The molecule has 0 spiro atoms. The molecule has 1 aliphatic heterocycles. The van der Waals surface area contributed by atoms with E-state index < -0.39 is 5.97 Å². The van der Waals surface area contributed by atoms with E-state index in [9.17, 15) is 4.79 Å². The van der Waals surface area contributed by atoms with Crippen LogP contribution in [0.25, 0.3) is 0 Å². The van der Waals surface area contributed by atoms with Crippen LogP contribution < -0.4 is 0 Å². The number of carboxylic acid groups (broad SMARTS) is 1. The lowest BCUT2D eigenvalue weighted by molar-refractivity contribution is -0.133. The van der Waals surface area contributed by atoms with E-state index in [1.54, 1.807) is 0 Å². The van der Waals surface area contributed by atoms with Gasteiger partial charge in [0.25, 0.3) is 0 Å². The molecule has 0 aromatic carbocycles. The first-order chi connectivity index (χ1) is 9.66. The van der Waals surface area contributed by atoms with Crippen molar-refractivity contribution in [3.63, 3.8) is 0 Å². The summed E-state index contributed by atoms with van der Waals surface area (Å²) < 4.78 is 7.31. The second kappa shape index (κ2) is 7.61. The number of rotatable bonds is 7. The quantitative estimate of drug-likeness (QED) is 0.734. The van der Waals surface area contributed by atoms with Crippen molar-refractivity contribution in [2.24, 2.45) is 0 Å². The molecular weight excluding hydrogens is 280 g/mol. The van der Waals surface area contributed by atoms with Gasteiger partial charge in [-0.25, -0.2) is 0 Å². The normalized spacial score (nSPS) is 16.4. The maximum atomic E-state index is 10.6. The Morgan fingerprint density at radius 3 is 2.80 bits per heavy atom. The SMILES string of the molecule is Cc1nnc(SCC(=O)O)n1CCCN1CCOCC1. The average Bonchev–Trinajstić information content (AvgIpc) is 2.79. The summed E-state index contributed by atoms with van der Waals surface area (Å²) in [6.45, 7) is 7.33. The van der Waals surface area contributed by atoms with Crippen LogP contribution in [0.4, 0.5) is 0 Å². The molecule has 2 rings (SSSR count). The van der Waals surface area contributed by atoms with Gasteiger partial charge in [-0.15, -0.1) is 10.2 Å². The number of aromatic nitrogens is 3. The highest BCUT2D eigenvalue weighted by atomic mass is 32.2. The highest BCUT2D eigenvalue weighted by molar-refractivity contribution is 7.99. The number of nitrogens with zero attached hydrogens (tertiary/aromatic N) is 4. The van der Waals surface area contributed by atoms with Crippen molar-refractivity contribution in [1.29, 1.82) is 0 Å². The molecule has 112 valence electrons. The Bertz CT molecular complexity index is 446. The maximum absolute atomic E-state index is 10.6. The van der Waals surface area contributed by atoms with E-state index in [1.165, 1.54) is 11.8 Å². The zero-order valence-electron chi connectivity index (χ0n) is 11.6. The van der Waals surface area contributed by atoms with Crippen molar-refractivity contribution < 1.29 is 14.6 Å². The van der Waals surface area contributed by atoms with Crippen molar-refractivity contribution in [2.75, 3.05) is 38.6 Å². The minimum Gasteiger partial charge on any atom is -0.481 e. The summed E-state index contributed by atoms with van der Waals surface area (Å²) in [5.41, 5.74) is 0. The topological polar surface area (TPSA) is 80.5 Å². The van der Waals surface area contributed by atoms with Gasteiger partial charge < -0.3 is 14.4 Å². The monoisotopic (exact) mass is 300 g/mol. The first-order valence-electron chi connectivity index (χ1n) is 6.71. The van der Waals surface area contributed by atoms with Crippen LogP contribution in [0, 0.1) is 6.92 Å². The van der Waals surface area contributed by atoms with Gasteiger partial charge in [0.15, 0.2) is 5.16 Å². The summed E-state index contributed by atoms with van der Waals surface area (Å²) in [6, 6.07) is 0. The molecule has 0 atom stereocenters. The van der Waals surface area contributed by atoms with Gasteiger partial charge in [0.1, 0.15) is 5.82 Å². The van der Waals surface area contributed by atoms with Crippen LogP contribution in [0.15, 0.2) is 5.16 Å². The van der Waals surface area contributed by atoms with Crippen molar-refractivity contribution in [3.05, 3.63) is 5.82 Å². The molecule has 0 unspecified atom stereocenters. The molecule has 20 heavy (non-hydrogen) atoms. The van der Waals surface area contributed by atoms with Crippen LogP contribution in [0.2, 0.25) is 0 Å². The van der Waals surface area contributed by atoms with Gasteiger partial charge >= 0.3 is 5.97 Å². The number of carbonyl (C=O) groups is 1. The second-order valence-electron chi connectivity index (χ2n) is 4.67. The van der Waals surface area contributed by atoms with Crippen molar-refractivity contribution in [3.8, 4) is 0 Å². The summed E-state index contributed by atoms with van der Waals surface area (Å²) in [7, 11) is 0. The lowest BCUT2D eigenvalue weighted by Crippen LogP contribution is -2.37. The summed E-state index contributed by atoms with van der Waals surface area (Å²) >= 11 is 1.22. The van der Waals surface area contributed by atoms with E-state index in [0.717, 1.165) is 51.6 Å². The van der Waals surface area contributed by atoms with Gasteiger partial charge in [-0.3, -0.25) is 9.69 Å². The third-order valence-corrected chi connectivity index (χ3v) is 4.14. The molecule has 0 aliphatic carbocycles. The third-order valence-electron chi connectivity index (χ3n) is 3.19. The predicted molar refractivity (Wildman–Crippen MR) is 75.0 cm³/mol. The summed E-state index contributed by atoms with van der Waals surface area (Å²) in [6.07, 6.45) is 1.000. The number of ether oxygens (including phenoxy) is 1. The standard InChI is InChI=1S/C12H20N4O3S/c1-10-13-14-12(20-9-11(17)18)16(10)4-2-3-15-5-7-19-8-6-15/h2-9H2,1H3,(H,17,18). The highest BCUT2D eigenvalue weighted by Gasteiger charge is 2.13. The average molecular weight is 300 g/mol. The number of hydrogen-bond acceptors (Lipinski definition) is 6. The Morgan fingerprint density at radius 2 is 2.10 bits per heavy atom. The molecule has 8 heteroatoms. The van der Waals surface area contributed by atoms with Crippen LogP contribution in [0.3, 0.4) is 0 Å². The van der Waals surface area contributed by atoms with Gasteiger partial charge in [0.2, 0.25) is 0 Å². The van der Waals surface area contributed by atoms with Gasteiger partial charge in [0, 0.05) is 26.2 Å². The first kappa shape index (κ1) is 15.3. The third kappa shape index (κ3) is 4.46. The van der Waals surface area contributed by atoms with Crippen LogP contribution in [-0.2, 0) is 16.1 Å². The number of carboxylic acids is 1. The van der Waals surface area contributed by atoms with E-state index in [1.807, 2.05) is 11.5 Å². The minimum atomic E-state index is -0.837. The first-order valence-corrected chi connectivity index (χ1v) is 7.70. The van der Waals surface area contributed by atoms with E-state index in [4.69, 9.17) is 9.84 Å². The number of hydrogen-bond donors (Lipinski definition) is 1. The fourth-order valence-corrected chi connectivity index (χ4v) is 2.86. The summed E-state index contributed by atoms with van der Waals surface area (Å²) in [5, 5.41) is 17.5. The highest BCUT2D eigenvalue weighted by Crippen LogP contribution is 2.17. The van der Waals surface area contributed by atoms with Crippen molar-refractivity contribution in [2.45, 2.75) is 25.0 Å². The fraction of sp³-hybridized carbons (Fsp3) is 0.750. The van der Waals surface area contributed by atoms with Crippen LogP contribution in [0.1, 0.15) is 12.2 Å². The molecule has 1 aromatic rings. The molecule has 0 saturated carbocycles. The Balaban J connectivity index is 1.81. The molecule has 2 heterocycles. The Morgan fingerprint density at radius 1 is 1.35 bits per heavy atom.